The number of thiocarbonyl (C=S) groups is 1. The van der Waals surface area contributed by atoms with Gasteiger partial charge in [0.15, 0.2) is 5.11 Å². The lowest BCUT2D eigenvalue weighted by molar-refractivity contribution is 0.0955. The molecule has 102 valence electrons. The number of amides is 1. The van der Waals surface area contributed by atoms with Crippen LogP contribution in [0.15, 0.2) is 54.6 Å². The molecule has 4 nitrogen and oxygen atoms in total. The van der Waals surface area contributed by atoms with Gasteiger partial charge in [0.05, 0.1) is 16.3 Å². The second kappa shape index (κ2) is 6.36. The Morgan fingerprint density at radius 2 is 1.70 bits per heavy atom. The van der Waals surface area contributed by atoms with Crippen LogP contribution in [0.5, 0.6) is 0 Å². The van der Waals surface area contributed by atoms with Crippen molar-refractivity contribution in [2.45, 2.75) is 0 Å². The zero-order valence-corrected chi connectivity index (χ0v) is 12.0. The van der Waals surface area contributed by atoms with Crippen LogP contribution >= 0.6 is 23.8 Å². The molecule has 0 unspecified atom stereocenters. The lowest BCUT2D eigenvalue weighted by atomic mass is 10.2. The third kappa shape index (κ3) is 3.26. The van der Waals surface area contributed by atoms with Crippen molar-refractivity contribution in [3.63, 3.8) is 0 Å². The molecule has 2 aromatic carbocycles. The highest BCUT2D eigenvalue weighted by Crippen LogP contribution is 2.16. The maximum Gasteiger partial charge on any atom is 0.271 e. The second-order valence-electron chi connectivity index (χ2n) is 3.93. The van der Waals surface area contributed by atoms with E-state index in [1.54, 1.807) is 36.4 Å². The minimum absolute atomic E-state index is 0.0385. The molecule has 0 spiro atoms. The van der Waals surface area contributed by atoms with Crippen molar-refractivity contribution >= 4 is 40.5 Å². The van der Waals surface area contributed by atoms with Crippen molar-refractivity contribution in [3.8, 4) is 0 Å². The first-order valence-electron chi connectivity index (χ1n) is 5.79. The summed E-state index contributed by atoms with van der Waals surface area (Å²) < 4.78 is 0. The van der Waals surface area contributed by atoms with Crippen molar-refractivity contribution in [1.82, 2.24) is 5.43 Å². The minimum Gasteiger partial charge on any atom is -0.374 e. The van der Waals surface area contributed by atoms with Gasteiger partial charge in [-0.1, -0.05) is 41.9 Å². The van der Waals surface area contributed by atoms with Crippen LogP contribution in [0.4, 0.5) is 5.69 Å². The molecule has 2 rings (SSSR count). The smallest absolute Gasteiger partial charge is 0.271 e. The van der Waals surface area contributed by atoms with Crippen molar-refractivity contribution in [2.24, 2.45) is 5.73 Å². The average molecular weight is 306 g/mol. The number of nitrogens with zero attached hydrogens (tertiary/aromatic N) is 1. The summed E-state index contributed by atoms with van der Waals surface area (Å²) in [5.41, 5.74) is 9.30. The maximum atomic E-state index is 12.2. The standard InChI is InChI=1S/C14H12ClN3OS/c15-12-9-5-4-8-11(12)13(19)17-18(14(16)20)10-6-2-1-3-7-10/h1-9H,(H2,16,20)(H,17,19). The van der Waals surface area contributed by atoms with E-state index in [4.69, 9.17) is 29.6 Å². The highest BCUT2D eigenvalue weighted by atomic mass is 35.5. The average Bonchev–Trinajstić information content (AvgIpc) is 2.45. The summed E-state index contributed by atoms with van der Waals surface area (Å²) in [5, 5.41) is 1.73. The predicted molar refractivity (Wildman–Crippen MR) is 84.6 cm³/mol. The van der Waals surface area contributed by atoms with Crippen molar-refractivity contribution in [2.75, 3.05) is 5.01 Å². The van der Waals surface area contributed by atoms with Crippen LogP contribution < -0.4 is 16.2 Å². The Morgan fingerprint density at radius 3 is 2.30 bits per heavy atom. The van der Waals surface area contributed by atoms with Crippen LogP contribution in [0.25, 0.3) is 0 Å². The van der Waals surface area contributed by atoms with E-state index in [1.807, 2.05) is 18.2 Å². The SMILES string of the molecule is NC(=S)N(NC(=O)c1ccccc1Cl)c1ccccc1. The fourth-order valence-corrected chi connectivity index (χ4v) is 2.00. The number of halogens is 1. The Kier molecular flexibility index (Phi) is 4.55. The first-order valence-corrected chi connectivity index (χ1v) is 6.58. The molecule has 0 atom stereocenters. The number of hydrogen-bond donors (Lipinski definition) is 2. The van der Waals surface area contributed by atoms with Gasteiger partial charge in [0.2, 0.25) is 0 Å². The number of anilines is 1. The van der Waals surface area contributed by atoms with Crippen molar-refractivity contribution in [3.05, 3.63) is 65.2 Å². The first-order chi connectivity index (χ1) is 9.59. The van der Waals surface area contributed by atoms with E-state index in [-0.39, 0.29) is 11.0 Å². The highest BCUT2D eigenvalue weighted by Gasteiger charge is 2.15. The Balaban J connectivity index is 2.24. The molecule has 0 aliphatic carbocycles. The largest absolute Gasteiger partial charge is 0.374 e. The van der Waals surface area contributed by atoms with Crippen LogP contribution in [0.2, 0.25) is 5.02 Å². The second-order valence-corrected chi connectivity index (χ2v) is 4.76. The quantitative estimate of drug-likeness (QED) is 0.661. The summed E-state index contributed by atoms with van der Waals surface area (Å²) in [7, 11) is 0. The molecule has 20 heavy (non-hydrogen) atoms. The van der Waals surface area contributed by atoms with Crippen molar-refractivity contribution < 1.29 is 4.79 Å². The summed E-state index contributed by atoms with van der Waals surface area (Å²) in [6.07, 6.45) is 0. The van der Waals surface area contributed by atoms with Gasteiger partial charge in [-0.25, -0.2) is 5.01 Å². The van der Waals surface area contributed by atoms with Gasteiger partial charge in [0, 0.05) is 0 Å². The minimum atomic E-state index is -0.382. The van der Waals surface area contributed by atoms with Crippen LogP contribution in [0.1, 0.15) is 10.4 Å². The molecule has 0 fully saturated rings. The van der Waals surface area contributed by atoms with Gasteiger partial charge in [-0.3, -0.25) is 10.2 Å². The van der Waals surface area contributed by atoms with Gasteiger partial charge in [0.25, 0.3) is 5.91 Å². The van der Waals surface area contributed by atoms with Gasteiger partial charge in [-0.05, 0) is 36.5 Å². The van der Waals surface area contributed by atoms with Crippen LogP contribution in [0.3, 0.4) is 0 Å². The molecule has 0 aliphatic rings. The molecule has 0 bridgehead atoms. The molecule has 3 N–H and O–H groups in total. The fourth-order valence-electron chi connectivity index (χ4n) is 1.63. The van der Waals surface area contributed by atoms with E-state index in [0.29, 0.717) is 16.3 Å². The summed E-state index contributed by atoms with van der Waals surface area (Å²) in [4.78, 5) is 12.2. The van der Waals surface area contributed by atoms with E-state index in [2.05, 4.69) is 5.43 Å². The molecule has 1 amide bonds. The van der Waals surface area contributed by atoms with Gasteiger partial charge in [0.1, 0.15) is 0 Å². The third-order valence-corrected chi connectivity index (χ3v) is 3.08. The number of carbonyl (C=O) groups is 1. The first kappa shape index (κ1) is 14.3. The number of para-hydroxylation sites is 1. The molecule has 0 saturated carbocycles. The lowest BCUT2D eigenvalue weighted by Gasteiger charge is -2.23. The highest BCUT2D eigenvalue weighted by molar-refractivity contribution is 7.80. The Hall–Kier alpha value is -2.11. The van der Waals surface area contributed by atoms with Gasteiger partial charge >= 0.3 is 0 Å². The number of nitrogens with two attached hydrogens (primary N) is 1. The zero-order valence-electron chi connectivity index (χ0n) is 10.4. The molecule has 0 radical (unpaired) electrons. The Bertz CT molecular complexity index is 633. The van der Waals surface area contributed by atoms with E-state index in [1.165, 1.54) is 5.01 Å². The monoisotopic (exact) mass is 305 g/mol. The predicted octanol–water partition coefficient (Wildman–Crippen LogP) is 2.74. The van der Waals surface area contributed by atoms with Gasteiger partial charge < -0.3 is 5.73 Å². The molecular weight excluding hydrogens is 294 g/mol. The molecule has 0 saturated heterocycles. The molecule has 6 heteroatoms. The van der Waals surface area contributed by atoms with Crippen LogP contribution in [-0.4, -0.2) is 11.0 Å². The normalized spacial score (nSPS) is 9.85. The Morgan fingerprint density at radius 1 is 1.10 bits per heavy atom. The van der Waals surface area contributed by atoms with Crippen molar-refractivity contribution in [1.29, 1.82) is 0 Å². The van der Waals surface area contributed by atoms with E-state index in [0.717, 1.165) is 0 Å². The summed E-state index contributed by atoms with van der Waals surface area (Å²) in [6.45, 7) is 0. The number of nitrogens with one attached hydrogen (secondary N) is 1. The molecular formula is C14H12ClN3OS. The summed E-state index contributed by atoms with van der Waals surface area (Å²) in [6, 6.07) is 15.8. The van der Waals surface area contributed by atoms with Gasteiger partial charge in [-0.2, -0.15) is 0 Å². The number of hydrogen-bond acceptors (Lipinski definition) is 2. The maximum absolute atomic E-state index is 12.2. The lowest BCUT2D eigenvalue weighted by Crippen LogP contribution is -2.49. The molecule has 2 aromatic rings. The number of hydrazine groups is 1. The third-order valence-electron chi connectivity index (χ3n) is 2.57. The number of benzene rings is 2. The van der Waals surface area contributed by atoms with E-state index >= 15 is 0 Å². The Labute approximate surface area is 127 Å². The number of rotatable bonds is 2. The fraction of sp³-hybridized carbons (Fsp3) is 0. The van der Waals surface area contributed by atoms with E-state index < -0.39 is 0 Å². The zero-order chi connectivity index (χ0) is 14.5. The number of carbonyl (C=O) groups excluding carboxylic acids is 1. The molecule has 0 heterocycles. The summed E-state index contributed by atoms with van der Waals surface area (Å²) >= 11 is 10.9. The van der Waals surface area contributed by atoms with Gasteiger partial charge in [-0.15, -0.1) is 0 Å². The van der Waals surface area contributed by atoms with Crippen LogP contribution in [-0.2, 0) is 0 Å². The topological polar surface area (TPSA) is 58.4 Å². The molecule has 0 aromatic heterocycles. The summed E-state index contributed by atoms with van der Waals surface area (Å²) in [5.74, 6) is -0.382. The van der Waals surface area contributed by atoms with Crippen LogP contribution in [0, 0.1) is 0 Å². The van der Waals surface area contributed by atoms with E-state index in [9.17, 15) is 4.79 Å². The molecule has 0 aliphatic heterocycles.